The number of nitrogens with one attached hydrogen (secondary N) is 1. The standard InChI is InChI=1S/C8H9F3N2O/c1-4(2)7-12-3-5(13-7)6(14)8(9,10)11/h3-4H,1-2H3,(H,12,13). The monoisotopic (exact) mass is 206 g/mol. The van der Waals surface area contributed by atoms with Crippen molar-refractivity contribution in [2.24, 2.45) is 0 Å². The van der Waals surface area contributed by atoms with E-state index in [0.717, 1.165) is 6.20 Å². The van der Waals surface area contributed by atoms with Crippen LogP contribution in [0.3, 0.4) is 0 Å². The summed E-state index contributed by atoms with van der Waals surface area (Å²) in [5.41, 5.74) is -0.513. The van der Waals surface area contributed by atoms with Crippen LogP contribution in [-0.2, 0) is 0 Å². The summed E-state index contributed by atoms with van der Waals surface area (Å²) in [6, 6.07) is 0. The van der Waals surface area contributed by atoms with Gasteiger partial charge >= 0.3 is 6.18 Å². The number of hydrogen-bond donors (Lipinski definition) is 1. The molecule has 14 heavy (non-hydrogen) atoms. The Bertz CT molecular complexity index is 341. The molecule has 0 radical (unpaired) electrons. The van der Waals surface area contributed by atoms with E-state index in [-0.39, 0.29) is 5.92 Å². The van der Waals surface area contributed by atoms with Crippen molar-refractivity contribution in [3.63, 3.8) is 0 Å². The molecule has 0 unspecified atom stereocenters. The molecule has 0 saturated heterocycles. The molecule has 0 aliphatic carbocycles. The number of Topliss-reactive ketones (excluding diaryl/α,β-unsaturated/α-hetero) is 1. The molecule has 1 rings (SSSR count). The molecular formula is C8H9F3N2O. The van der Waals surface area contributed by atoms with Gasteiger partial charge in [0.05, 0.1) is 6.20 Å². The maximum absolute atomic E-state index is 11.9. The zero-order chi connectivity index (χ0) is 10.9. The van der Waals surface area contributed by atoms with Crippen LogP contribution in [0.25, 0.3) is 0 Å². The molecule has 6 heteroatoms. The molecule has 0 aliphatic heterocycles. The number of rotatable bonds is 2. The van der Waals surface area contributed by atoms with E-state index in [0.29, 0.717) is 5.82 Å². The number of carbonyl (C=O) groups excluding carboxylic acids is 1. The number of aromatic nitrogens is 2. The van der Waals surface area contributed by atoms with E-state index < -0.39 is 17.7 Å². The van der Waals surface area contributed by atoms with Crippen molar-refractivity contribution in [2.45, 2.75) is 25.9 Å². The number of nitrogens with zero attached hydrogens (tertiary/aromatic N) is 1. The minimum Gasteiger partial charge on any atom is -0.339 e. The van der Waals surface area contributed by atoms with E-state index >= 15 is 0 Å². The van der Waals surface area contributed by atoms with Gasteiger partial charge in [0, 0.05) is 5.92 Å². The molecule has 0 aliphatic rings. The minimum atomic E-state index is -4.85. The Morgan fingerprint density at radius 3 is 2.43 bits per heavy atom. The SMILES string of the molecule is CC(C)c1ncc(C(=O)C(F)(F)F)[nH]1. The average molecular weight is 206 g/mol. The predicted molar refractivity (Wildman–Crippen MR) is 43.1 cm³/mol. The molecule has 3 nitrogen and oxygen atoms in total. The second-order valence-electron chi connectivity index (χ2n) is 3.16. The third-order valence-electron chi connectivity index (χ3n) is 1.64. The van der Waals surface area contributed by atoms with Gasteiger partial charge in [-0.15, -0.1) is 0 Å². The normalized spacial score (nSPS) is 12.1. The fourth-order valence-electron chi connectivity index (χ4n) is 0.898. The quantitative estimate of drug-likeness (QED) is 0.754. The zero-order valence-electron chi connectivity index (χ0n) is 7.64. The summed E-state index contributed by atoms with van der Waals surface area (Å²) in [6.07, 6.45) is -3.94. The van der Waals surface area contributed by atoms with Gasteiger partial charge in [0.25, 0.3) is 5.78 Å². The third kappa shape index (κ3) is 2.12. The summed E-state index contributed by atoms with van der Waals surface area (Å²) < 4.78 is 35.8. The van der Waals surface area contributed by atoms with E-state index in [1.807, 2.05) is 0 Å². The van der Waals surface area contributed by atoms with Gasteiger partial charge in [0.2, 0.25) is 0 Å². The first kappa shape index (κ1) is 10.7. The summed E-state index contributed by atoms with van der Waals surface area (Å²) in [7, 11) is 0. The van der Waals surface area contributed by atoms with Gasteiger partial charge in [-0.2, -0.15) is 13.2 Å². The van der Waals surface area contributed by atoms with Crippen LogP contribution < -0.4 is 0 Å². The molecule has 1 heterocycles. The van der Waals surface area contributed by atoms with Crippen molar-refractivity contribution >= 4 is 5.78 Å². The number of H-pyrrole nitrogens is 1. The van der Waals surface area contributed by atoms with Crippen LogP contribution in [-0.4, -0.2) is 21.9 Å². The molecule has 1 N–H and O–H groups in total. The number of alkyl halides is 3. The number of hydrogen-bond acceptors (Lipinski definition) is 2. The van der Waals surface area contributed by atoms with E-state index in [1.165, 1.54) is 0 Å². The number of ketones is 1. The number of carbonyl (C=O) groups is 1. The predicted octanol–water partition coefficient (Wildman–Crippen LogP) is 2.28. The Hall–Kier alpha value is -1.33. The largest absolute Gasteiger partial charge is 0.456 e. The molecular weight excluding hydrogens is 197 g/mol. The average Bonchev–Trinajstić information content (AvgIpc) is 2.48. The first-order chi connectivity index (χ1) is 6.32. The Balaban J connectivity index is 2.93. The highest BCUT2D eigenvalue weighted by Crippen LogP contribution is 2.21. The van der Waals surface area contributed by atoms with Crippen molar-refractivity contribution < 1.29 is 18.0 Å². The molecule has 0 aromatic carbocycles. The summed E-state index contributed by atoms with van der Waals surface area (Å²) in [6.45, 7) is 3.53. The summed E-state index contributed by atoms with van der Waals surface area (Å²) in [5, 5.41) is 0. The van der Waals surface area contributed by atoms with Crippen molar-refractivity contribution in [2.75, 3.05) is 0 Å². The highest BCUT2D eigenvalue weighted by molar-refractivity contribution is 5.98. The highest BCUT2D eigenvalue weighted by atomic mass is 19.4. The van der Waals surface area contributed by atoms with Crippen molar-refractivity contribution in [3.8, 4) is 0 Å². The number of aromatic amines is 1. The van der Waals surface area contributed by atoms with Gasteiger partial charge in [-0.25, -0.2) is 4.98 Å². The number of imidazole rings is 1. The van der Waals surface area contributed by atoms with Crippen LogP contribution in [0.4, 0.5) is 13.2 Å². The lowest BCUT2D eigenvalue weighted by atomic mass is 10.2. The Kier molecular flexibility index (Phi) is 2.64. The zero-order valence-corrected chi connectivity index (χ0v) is 7.64. The van der Waals surface area contributed by atoms with Gasteiger partial charge in [-0.3, -0.25) is 4.79 Å². The Morgan fingerprint density at radius 1 is 1.50 bits per heavy atom. The van der Waals surface area contributed by atoms with Crippen LogP contribution in [0.15, 0.2) is 6.20 Å². The lowest BCUT2D eigenvalue weighted by molar-refractivity contribution is -0.0888. The Morgan fingerprint density at radius 2 is 2.07 bits per heavy atom. The van der Waals surface area contributed by atoms with E-state index in [9.17, 15) is 18.0 Å². The lowest BCUT2D eigenvalue weighted by Gasteiger charge is -2.02. The maximum atomic E-state index is 11.9. The van der Waals surface area contributed by atoms with Crippen LogP contribution in [0, 0.1) is 0 Å². The molecule has 0 spiro atoms. The second-order valence-corrected chi connectivity index (χ2v) is 3.16. The van der Waals surface area contributed by atoms with Crippen molar-refractivity contribution in [1.82, 2.24) is 9.97 Å². The Labute approximate surface area is 78.3 Å². The second kappa shape index (κ2) is 3.43. The molecule has 1 aromatic rings. The fraction of sp³-hybridized carbons (Fsp3) is 0.500. The van der Waals surface area contributed by atoms with Crippen LogP contribution in [0.5, 0.6) is 0 Å². The van der Waals surface area contributed by atoms with E-state index in [4.69, 9.17) is 0 Å². The van der Waals surface area contributed by atoms with Crippen LogP contribution in [0.1, 0.15) is 36.1 Å². The van der Waals surface area contributed by atoms with E-state index in [2.05, 4.69) is 9.97 Å². The van der Waals surface area contributed by atoms with Crippen molar-refractivity contribution in [1.29, 1.82) is 0 Å². The first-order valence-corrected chi connectivity index (χ1v) is 3.98. The fourth-order valence-corrected chi connectivity index (χ4v) is 0.898. The first-order valence-electron chi connectivity index (χ1n) is 3.98. The summed E-state index contributed by atoms with van der Waals surface area (Å²) >= 11 is 0. The lowest BCUT2D eigenvalue weighted by Crippen LogP contribution is -2.23. The van der Waals surface area contributed by atoms with Gasteiger partial charge < -0.3 is 4.98 Å². The molecule has 1 aromatic heterocycles. The van der Waals surface area contributed by atoms with Gasteiger partial charge in [-0.1, -0.05) is 13.8 Å². The van der Waals surface area contributed by atoms with Gasteiger partial charge in [0.1, 0.15) is 11.5 Å². The minimum absolute atomic E-state index is 0.0372. The maximum Gasteiger partial charge on any atom is 0.456 e. The molecule has 0 bridgehead atoms. The topological polar surface area (TPSA) is 45.8 Å². The summed E-state index contributed by atoms with van der Waals surface area (Å²) in [5.74, 6) is -1.56. The number of halogens is 3. The summed E-state index contributed by atoms with van der Waals surface area (Å²) in [4.78, 5) is 16.7. The van der Waals surface area contributed by atoms with Gasteiger partial charge in [0.15, 0.2) is 0 Å². The van der Waals surface area contributed by atoms with E-state index in [1.54, 1.807) is 13.8 Å². The van der Waals surface area contributed by atoms with Gasteiger partial charge in [-0.05, 0) is 0 Å². The smallest absolute Gasteiger partial charge is 0.339 e. The van der Waals surface area contributed by atoms with Crippen LogP contribution >= 0.6 is 0 Å². The third-order valence-corrected chi connectivity index (χ3v) is 1.64. The molecule has 78 valence electrons. The van der Waals surface area contributed by atoms with Crippen molar-refractivity contribution in [3.05, 3.63) is 17.7 Å². The highest BCUT2D eigenvalue weighted by Gasteiger charge is 2.40. The molecule has 0 saturated carbocycles. The molecule has 0 amide bonds. The van der Waals surface area contributed by atoms with Crippen LogP contribution in [0.2, 0.25) is 0 Å². The molecule has 0 atom stereocenters. The molecule has 0 fully saturated rings.